The van der Waals surface area contributed by atoms with Crippen molar-refractivity contribution < 1.29 is 10.2 Å². The average molecular weight is 188 g/mol. The summed E-state index contributed by atoms with van der Waals surface area (Å²) in [6, 6.07) is 0. The Balaban J connectivity index is 0. The third-order valence-electron chi connectivity index (χ3n) is 0. The van der Waals surface area contributed by atoms with Crippen LogP contribution >= 0.6 is 49.7 Å². The maximum Gasteiger partial charge on any atom is 0.214 e. The van der Waals surface area contributed by atoms with Gasteiger partial charge in [-0.3, -0.25) is 0 Å². The average Bonchev–Trinajstić information content (AvgIpc) is 1.25. The van der Waals surface area contributed by atoms with Gasteiger partial charge in [0.25, 0.3) is 0 Å². The Kier molecular flexibility index (Phi) is 10.6. The fourth-order valence-corrected chi connectivity index (χ4v) is 0. The van der Waals surface area contributed by atoms with Crippen molar-refractivity contribution in [3.63, 3.8) is 0 Å². The highest BCUT2D eigenvalue weighted by Crippen LogP contribution is 1.69. The molecular formula is C2H4O2S4. The van der Waals surface area contributed by atoms with Gasteiger partial charge < -0.3 is 10.2 Å². The van der Waals surface area contributed by atoms with Crippen molar-refractivity contribution in [1.29, 1.82) is 0 Å². The van der Waals surface area contributed by atoms with Crippen molar-refractivity contribution in [2.75, 3.05) is 0 Å². The predicted molar refractivity (Wildman–Crippen MR) is 48.4 cm³/mol. The molecular weight excluding hydrogens is 184 g/mol. The van der Waals surface area contributed by atoms with Crippen LogP contribution in [0.1, 0.15) is 0 Å². The molecule has 6 heteroatoms. The lowest BCUT2D eigenvalue weighted by atomic mass is 11.7. The molecule has 0 aliphatic rings. The minimum Gasteiger partial charge on any atom is -0.494 e. The number of thiocarbonyl (C=S) groups is 2. The van der Waals surface area contributed by atoms with Crippen molar-refractivity contribution in [2.45, 2.75) is 0 Å². The summed E-state index contributed by atoms with van der Waals surface area (Å²) in [5, 5.41) is 15.3. The molecule has 0 aliphatic heterocycles. The molecule has 0 aromatic carbocycles. The van der Waals surface area contributed by atoms with Gasteiger partial charge >= 0.3 is 0 Å². The summed E-state index contributed by atoms with van der Waals surface area (Å²) in [6.07, 6.45) is 0. The number of hydrogen-bond donors (Lipinski definition) is 4. The maximum absolute atomic E-state index is 7.65. The lowest BCUT2D eigenvalue weighted by Crippen LogP contribution is -1.66. The highest BCUT2D eigenvalue weighted by atomic mass is 32.1. The van der Waals surface area contributed by atoms with E-state index < -0.39 is 0 Å². The molecule has 0 aromatic heterocycles. The van der Waals surface area contributed by atoms with E-state index in [9.17, 15) is 0 Å². The van der Waals surface area contributed by atoms with Gasteiger partial charge in [0.1, 0.15) is 0 Å². The highest BCUT2D eigenvalue weighted by Gasteiger charge is 1.60. The number of aliphatic hydroxyl groups is 2. The fraction of sp³-hybridized carbons (Fsp3) is 0. The molecule has 0 amide bonds. The van der Waals surface area contributed by atoms with Crippen molar-refractivity contribution in [1.82, 2.24) is 0 Å². The summed E-state index contributed by atoms with van der Waals surface area (Å²) in [5.74, 6) is 0. The molecule has 0 atom stereocenters. The monoisotopic (exact) mass is 188 g/mol. The van der Waals surface area contributed by atoms with E-state index in [1.807, 2.05) is 0 Å². The van der Waals surface area contributed by atoms with Gasteiger partial charge in [-0.2, -0.15) is 0 Å². The molecule has 0 unspecified atom stereocenters. The van der Waals surface area contributed by atoms with E-state index >= 15 is 0 Å². The van der Waals surface area contributed by atoms with Gasteiger partial charge in [0, 0.05) is 0 Å². The second kappa shape index (κ2) is 7.48. The molecule has 8 heavy (non-hydrogen) atoms. The first-order chi connectivity index (χ1) is 3.46. The Morgan fingerprint density at radius 3 is 1.00 bits per heavy atom. The second-order valence-corrected chi connectivity index (χ2v) is 2.79. The first-order valence-electron chi connectivity index (χ1n) is 1.30. The molecule has 2 N–H and O–H groups in total. The summed E-state index contributed by atoms with van der Waals surface area (Å²) < 4.78 is -0.611. The van der Waals surface area contributed by atoms with Gasteiger partial charge in [-0.05, 0) is 24.4 Å². The first-order valence-corrected chi connectivity index (χ1v) is 3.01. The Bertz CT molecular complexity index is 70.0. The molecule has 0 aliphatic carbocycles. The fourth-order valence-electron chi connectivity index (χ4n) is 0. The van der Waals surface area contributed by atoms with E-state index in [2.05, 4.69) is 49.7 Å². The zero-order valence-electron chi connectivity index (χ0n) is 3.61. The lowest BCUT2D eigenvalue weighted by molar-refractivity contribution is 0.586. The summed E-state index contributed by atoms with van der Waals surface area (Å²) in [7, 11) is 0. The minimum absolute atomic E-state index is 0.306. The van der Waals surface area contributed by atoms with Crippen LogP contribution in [0.3, 0.4) is 0 Å². The number of aliphatic hydroxyl groups excluding tert-OH is 2. The Labute approximate surface area is 68.7 Å². The Morgan fingerprint density at radius 1 is 1.00 bits per heavy atom. The Morgan fingerprint density at radius 2 is 1.00 bits per heavy atom. The molecule has 0 aromatic rings. The van der Waals surface area contributed by atoms with E-state index in [-0.39, 0.29) is 8.77 Å². The van der Waals surface area contributed by atoms with Crippen LogP contribution < -0.4 is 0 Å². The van der Waals surface area contributed by atoms with Crippen molar-refractivity contribution in [2.24, 2.45) is 0 Å². The van der Waals surface area contributed by atoms with Gasteiger partial charge in [0.15, 0.2) is 0 Å². The van der Waals surface area contributed by atoms with E-state index in [1.165, 1.54) is 0 Å². The molecule has 0 heterocycles. The van der Waals surface area contributed by atoms with E-state index in [0.717, 1.165) is 0 Å². The van der Waals surface area contributed by atoms with Crippen molar-refractivity contribution >= 4 is 58.5 Å². The molecule has 2 nitrogen and oxygen atoms in total. The highest BCUT2D eigenvalue weighted by molar-refractivity contribution is 8.10. The van der Waals surface area contributed by atoms with Crippen LogP contribution in [0.15, 0.2) is 0 Å². The largest absolute Gasteiger partial charge is 0.494 e. The van der Waals surface area contributed by atoms with Gasteiger partial charge in [-0.25, -0.2) is 0 Å². The SMILES string of the molecule is OC(=S)S.OC(=S)S. The second-order valence-electron chi connectivity index (χ2n) is 0.565. The van der Waals surface area contributed by atoms with Crippen LogP contribution in [0.25, 0.3) is 0 Å². The van der Waals surface area contributed by atoms with Gasteiger partial charge in [0.2, 0.25) is 8.77 Å². The summed E-state index contributed by atoms with van der Waals surface area (Å²) in [6.45, 7) is 0. The van der Waals surface area contributed by atoms with Gasteiger partial charge in [-0.1, -0.05) is 25.3 Å². The van der Waals surface area contributed by atoms with Crippen molar-refractivity contribution in [3.05, 3.63) is 0 Å². The number of hydrogen-bond acceptors (Lipinski definition) is 2. The van der Waals surface area contributed by atoms with Crippen LogP contribution in [0, 0.1) is 0 Å². The van der Waals surface area contributed by atoms with Gasteiger partial charge in [0.05, 0.1) is 0 Å². The number of thiol groups is 2. The predicted octanol–water partition coefficient (Wildman–Crippen LogP) is 1.52. The van der Waals surface area contributed by atoms with Crippen molar-refractivity contribution in [3.8, 4) is 0 Å². The third kappa shape index (κ3) is 845. The topological polar surface area (TPSA) is 40.5 Å². The molecule has 0 saturated heterocycles. The van der Waals surface area contributed by atoms with Crippen LogP contribution in [0.4, 0.5) is 0 Å². The third-order valence-corrected chi connectivity index (χ3v) is 0. The van der Waals surface area contributed by atoms with E-state index in [0.29, 0.717) is 0 Å². The molecule has 0 rings (SSSR count). The van der Waals surface area contributed by atoms with Crippen LogP contribution in [0.2, 0.25) is 0 Å². The zero-order valence-corrected chi connectivity index (χ0v) is 7.03. The maximum atomic E-state index is 7.65. The Hall–Kier alpha value is 0.480. The molecule has 0 fully saturated rings. The molecule has 0 radical (unpaired) electrons. The summed E-state index contributed by atoms with van der Waals surface area (Å²) >= 11 is 14.4. The van der Waals surface area contributed by atoms with E-state index in [1.54, 1.807) is 0 Å². The summed E-state index contributed by atoms with van der Waals surface area (Å²) in [5.41, 5.74) is 0. The first kappa shape index (κ1) is 11.3. The molecule has 0 spiro atoms. The van der Waals surface area contributed by atoms with E-state index in [4.69, 9.17) is 10.2 Å². The minimum atomic E-state index is -0.306. The lowest BCUT2D eigenvalue weighted by Gasteiger charge is -1.63. The van der Waals surface area contributed by atoms with Crippen LogP contribution in [0.5, 0.6) is 0 Å². The quantitative estimate of drug-likeness (QED) is 0.344. The zero-order chi connectivity index (χ0) is 7.15. The molecule has 0 bridgehead atoms. The van der Waals surface area contributed by atoms with Crippen LogP contribution in [-0.2, 0) is 0 Å². The smallest absolute Gasteiger partial charge is 0.214 e. The summed E-state index contributed by atoms with van der Waals surface area (Å²) in [4.78, 5) is 0. The van der Waals surface area contributed by atoms with Crippen LogP contribution in [-0.4, -0.2) is 19.0 Å². The standard InChI is InChI=1S/2CH2OS2/c2*2-1(3)4/h2*(H2,2,3,4). The van der Waals surface area contributed by atoms with Gasteiger partial charge in [-0.15, -0.1) is 0 Å². The molecule has 0 saturated carbocycles. The number of rotatable bonds is 0. The molecule has 48 valence electrons. The normalized spacial score (nSPS) is 6.25.